The van der Waals surface area contributed by atoms with Crippen molar-refractivity contribution in [3.63, 3.8) is 0 Å². The van der Waals surface area contributed by atoms with E-state index in [2.05, 4.69) is 4.74 Å². The number of hydrogen-bond donors (Lipinski definition) is 2. The van der Waals surface area contributed by atoms with E-state index in [0.29, 0.717) is 0 Å². The van der Waals surface area contributed by atoms with Gasteiger partial charge in [-0.15, -0.1) is 0 Å². The summed E-state index contributed by atoms with van der Waals surface area (Å²) in [7, 11) is -11.0. The van der Waals surface area contributed by atoms with Crippen molar-refractivity contribution in [2.75, 3.05) is 0 Å². The second-order valence-electron chi connectivity index (χ2n) is 6.04. The average Bonchev–Trinajstić information content (AvgIpc) is 2.64. The van der Waals surface area contributed by atoms with Crippen LogP contribution >= 0.6 is 0 Å². The van der Waals surface area contributed by atoms with Gasteiger partial charge in [0.05, 0.1) is 22.3 Å². The topological polar surface area (TPSA) is 152 Å². The maximum Gasteiger partial charge on any atom is 0.416 e. The highest BCUT2D eigenvalue weighted by Gasteiger charge is 2.36. The summed E-state index contributed by atoms with van der Waals surface area (Å²) in [6.45, 7) is 0. The fourth-order valence-corrected chi connectivity index (χ4v) is 3.77. The number of rotatable bonds is 4. The molecule has 0 amide bonds. The predicted octanol–water partition coefficient (Wildman–Crippen LogP) is 3.21. The van der Waals surface area contributed by atoms with E-state index in [1.54, 1.807) is 0 Å². The molecule has 0 aromatic heterocycles. The third kappa shape index (κ3) is 6.06. The number of carbonyl (C=O) groups excluding carboxylic acids is 2. The Labute approximate surface area is 180 Å². The number of ether oxygens (including phenoxy) is 1. The smallest absolute Gasteiger partial charge is 0.386 e. The van der Waals surface area contributed by atoms with Crippen LogP contribution in [0.2, 0.25) is 0 Å². The lowest BCUT2D eigenvalue weighted by atomic mass is 10.1. The molecule has 0 bridgehead atoms. The summed E-state index contributed by atoms with van der Waals surface area (Å²) in [5.74, 6) is -4.02. The molecule has 17 heteroatoms. The molecule has 0 aliphatic heterocycles. The van der Waals surface area contributed by atoms with Crippen molar-refractivity contribution in [2.45, 2.75) is 22.1 Å². The van der Waals surface area contributed by atoms with Crippen molar-refractivity contribution in [1.29, 1.82) is 0 Å². The van der Waals surface area contributed by atoms with Crippen LogP contribution in [0.1, 0.15) is 31.8 Å². The van der Waals surface area contributed by atoms with Crippen LogP contribution < -0.4 is 0 Å². The van der Waals surface area contributed by atoms with E-state index in [1.807, 2.05) is 0 Å². The first-order valence-electron chi connectivity index (χ1n) is 7.87. The minimum absolute atomic E-state index is 0.155. The molecular formula is C16H8F6O9S2. The molecule has 0 fully saturated rings. The van der Waals surface area contributed by atoms with Gasteiger partial charge in [0.15, 0.2) is 0 Å². The Kier molecular flexibility index (Phi) is 6.68. The molecule has 2 aromatic rings. The molecule has 0 unspecified atom stereocenters. The third-order valence-electron chi connectivity index (χ3n) is 3.80. The summed E-state index contributed by atoms with van der Waals surface area (Å²) in [5.41, 5.74) is -5.82. The largest absolute Gasteiger partial charge is 0.416 e. The monoisotopic (exact) mass is 522 g/mol. The van der Waals surface area contributed by atoms with Gasteiger partial charge in [-0.05, 0) is 36.4 Å². The van der Waals surface area contributed by atoms with Gasteiger partial charge in [-0.1, -0.05) is 0 Å². The van der Waals surface area contributed by atoms with E-state index < -0.39 is 76.6 Å². The lowest BCUT2D eigenvalue weighted by Crippen LogP contribution is -2.19. The van der Waals surface area contributed by atoms with Crippen molar-refractivity contribution in [2.24, 2.45) is 0 Å². The van der Waals surface area contributed by atoms with Crippen LogP contribution in [0.4, 0.5) is 26.3 Å². The van der Waals surface area contributed by atoms with Crippen molar-refractivity contribution < 1.29 is 66.6 Å². The summed E-state index contributed by atoms with van der Waals surface area (Å²) in [5, 5.41) is 0. The van der Waals surface area contributed by atoms with Crippen LogP contribution in [0.3, 0.4) is 0 Å². The van der Waals surface area contributed by atoms with Crippen molar-refractivity contribution >= 4 is 32.2 Å². The van der Waals surface area contributed by atoms with Crippen LogP contribution in [0, 0.1) is 0 Å². The lowest BCUT2D eigenvalue weighted by molar-refractivity contribution is -0.138. The van der Waals surface area contributed by atoms with Crippen LogP contribution in [-0.4, -0.2) is 37.9 Å². The summed E-state index contributed by atoms with van der Waals surface area (Å²) in [6, 6.07) is 0.515. The first-order valence-corrected chi connectivity index (χ1v) is 10.7. The highest BCUT2D eigenvalue weighted by molar-refractivity contribution is 7.86. The minimum Gasteiger partial charge on any atom is -0.386 e. The van der Waals surface area contributed by atoms with Crippen molar-refractivity contribution in [1.82, 2.24) is 0 Å². The molecule has 2 N–H and O–H groups in total. The molecule has 0 saturated carbocycles. The van der Waals surface area contributed by atoms with E-state index >= 15 is 0 Å². The maximum atomic E-state index is 12.8. The maximum absolute atomic E-state index is 12.8. The third-order valence-corrected chi connectivity index (χ3v) is 5.59. The first kappa shape index (κ1) is 26.2. The number of hydrogen-bond acceptors (Lipinski definition) is 7. The molecule has 180 valence electrons. The number of carbonyl (C=O) groups is 2. The van der Waals surface area contributed by atoms with E-state index in [1.165, 1.54) is 0 Å². The van der Waals surface area contributed by atoms with Crippen LogP contribution in [0.15, 0.2) is 46.2 Å². The zero-order valence-electron chi connectivity index (χ0n) is 15.3. The lowest BCUT2D eigenvalue weighted by Gasteiger charge is -2.13. The van der Waals surface area contributed by atoms with Gasteiger partial charge in [-0.2, -0.15) is 43.2 Å². The van der Waals surface area contributed by atoms with Gasteiger partial charge in [0.25, 0.3) is 20.2 Å². The molecule has 0 spiro atoms. The van der Waals surface area contributed by atoms with Crippen LogP contribution in [0.25, 0.3) is 0 Å². The quantitative estimate of drug-likeness (QED) is 0.267. The molecule has 2 rings (SSSR count). The summed E-state index contributed by atoms with van der Waals surface area (Å²) in [4.78, 5) is 21.0. The summed E-state index contributed by atoms with van der Waals surface area (Å²) >= 11 is 0. The Hall–Kier alpha value is -3.02. The molecular weight excluding hydrogens is 514 g/mol. The Balaban J connectivity index is 2.54. The Morgan fingerprint density at radius 3 is 1.21 bits per heavy atom. The zero-order valence-corrected chi connectivity index (χ0v) is 16.9. The van der Waals surface area contributed by atoms with Gasteiger partial charge in [0, 0.05) is 0 Å². The summed E-state index contributed by atoms with van der Waals surface area (Å²) < 4.78 is 145. The molecule has 0 heterocycles. The Morgan fingerprint density at radius 2 is 0.970 bits per heavy atom. The van der Waals surface area contributed by atoms with Gasteiger partial charge in [0.2, 0.25) is 0 Å². The second kappa shape index (κ2) is 8.40. The van der Waals surface area contributed by atoms with Gasteiger partial charge in [-0.25, -0.2) is 9.59 Å². The Bertz CT molecular complexity index is 1240. The van der Waals surface area contributed by atoms with Crippen LogP contribution in [0.5, 0.6) is 0 Å². The second-order valence-corrected chi connectivity index (χ2v) is 8.82. The van der Waals surface area contributed by atoms with Crippen molar-refractivity contribution in [3.8, 4) is 0 Å². The zero-order chi connectivity index (χ0) is 25.6. The van der Waals surface area contributed by atoms with E-state index in [-0.39, 0.29) is 36.4 Å². The molecule has 0 aliphatic rings. The SMILES string of the molecule is O=C(OC(=O)c1ccc(C(F)(F)F)cc1S(=O)(=O)O)c1ccc(C(F)(F)F)cc1S(=O)(=O)O. The van der Waals surface area contributed by atoms with Gasteiger partial charge >= 0.3 is 24.3 Å². The number of halogens is 6. The minimum atomic E-state index is -5.49. The van der Waals surface area contributed by atoms with E-state index in [4.69, 9.17) is 9.11 Å². The fourth-order valence-electron chi connectivity index (χ4n) is 2.36. The van der Waals surface area contributed by atoms with Crippen LogP contribution in [-0.2, 0) is 37.3 Å². The number of alkyl halides is 6. The van der Waals surface area contributed by atoms with E-state index in [9.17, 15) is 52.8 Å². The molecule has 0 saturated heterocycles. The van der Waals surface area contributed by atoms with Gasteiger partial charge in [-0.3, -0.25) is 9.11 Å². The molecule has 9 nitrogen and oxygen atoms in total. The highest BCUT2D eigenvalue weighted by atomic mass is 32.2. The Morgan fingerprint density at radius 1 is 0.667 bits per heavy atom. The highest BCUT2D eigenvalue weighted by Crippen LogP contribution is 2.33. The normalized spacial score (nSPS) is 13.0. The van der Waals surface area contributed by atoms with Gasteiger partial charge in [0.1, 0.15) is 9.79 Å². The number of esters is 2. The average molecular weight is 522 g/mol. The molecule has 0 radical (unpaired) electrons. The molecule has 33 heavy (non-hydrogen) atoms. The fraction of sp³-hybridized carbons (Fsp3) is 0.125. The molecule has 2 aromatic carbocycles. The molecule has 0 aliphatic carbocycles. The van der Waals surface area contributed by atoms with Crippen molar-refractivity contribution in [3.05, 3.63) is 58.7 Å². The number of benzene rings is 2. The summed E-state index contributed by atoms with van der Waals surface area (Å²) in [6.07, 6.45) is -10.2. The van der Waals surface area contributed by atoms with E-state index in [0.717, 1.165) is 0 Å². The predicted molar refractivity (Wildman–Crippen MR) is 92.3 cm³/mol. The standard InChI is InChI=1S/C16H8F6O9S2/c17-15(18,19)7-1-3-9(11(5-7)32(25,26)27)13(23)31-14(24)10-4-2-8(16(20,21)22)6-12(10)33(28,29)30/h1-6H,(H,25,26,27)(H,28,29,30). The molecule has 0 atom stereocenters. The first-order chi connectivity index (χ1) is 14.7. The van der Waals surface area contributed by atoms with Gasteiger partial charge < -0.3 is 4.74 Å².